The topological polar surface area (TPSA) is 30.7 Å². The highest BCUT2D eigenvalue weighted by Gasteiger charge is 2.01. The van der Waals surface area contributed by atoms with Gasteiger partial charge in [0.15, 0.2) is 5.82 Å². The Hall–Kier alpha value is -1.38. The molecule has 0 aliphatic rings. The van der Waals surface area contributed by atoms with Gasteiger partial charge in [-0.15, -0.1) is 0 Å². The van der Waals surface area contributed by atoms with Crippen LogP contribution in [0.5, 0.6) is 0 Å². The van der Waals surface area contributed by atoms with Crippen LogP contribution in [0.4, 0.5) is 0 Å². The van der Waals surface area contributed by atoms with Gasteiger partial charge in [0, 0.05) is 6.20 Å². The van der Waals surface area contributed by atoms with E-state index in [1.165, 1.54) is 5.57 Å². The van der Waals surface area contributed by atoms with Gasteiger partial charge in [-0.3, -0.25) is 0 Å². The van der Waals surface area contributed by atoms with Crippen LogP contribution in [-0.4, -0.2) is 14.8 Å². The summed E-state index contributed by atoms with van der Waals surface area (Å²) in [6.45, 7) is 10.3. The van der Waals surface area contributed by atoms with Crippen LogP contribution < -0.4 is 0 Å². The number of aryl methyl sites for hydroxylation is 1. The third-order valence-electron chi connectivity index (χ3n) is 1.77. The summed E-state index contributed by atoms with van der Waals surface area (Å²) in [7, 11) is 0. The molecule has 15 heavy (non-hydrogen) atoms. The molecule has 3 heteroatoms. The lowest BCUT2D eigenvalue weighted by atomic mass is 10.2. The maximum Gasteiger partial charge on any atom is 0.155 e. The third-order valence-corrected chi connectivity index (χ3v) is 1.77. The summed E-state index contributed by atoms with van der Waals surface area (Å²) in [6, 6.07) is 0. The van der Waals surface area contributed by atoms with Gasteiger partial charge in [-0.1, -0.05) is 25.5 Å². The zero-order valence-corrected chi connectivity index (χ0v) is 10.2. The first kappa shape index (κ1) is 11.7. The lowest BCUT2D eigenvalue weighted by molar-refractivity contribution is 0.833. The van der Waals surface area contributed by atoms with Crippen molar-refractivity contribution in [3.8, 4) is 0 Å². The molecule has 0 saturated heterocycles. The van der Waals surface area contributed by atoms with E-state index in [1.54, 1.807) is 0 Å². The summed E-state index contributed by atoms with van der Waals surface area (Å²) in [4.78, 5) is 4.36. The van der Waals surface area contributed by atoms with Gasteiger partial charge in [-0.25, -0.2) is 9.67 Å². The van der Waals surface area contributed by atoms with Crippen molar-refractivity contribution in [2.45, 2.75) is 34.6 Å². The Balaban J connectivity index is 3.01. The van der Waals surface area contributed by atoms with Crippen molar-refractivity contribution in [3.05, 3.63) is 23.3 Å². The molecule has 0 spiro atoms. The summed E-state index contributed by atoms with van der Waals surface area (Å²) >= 11 is 0. The van der Waals surface area contributed by atoms with E-state index in [-0.39, 0.29) is 0 Å². The summed E-state index contributed by atoms with van der Waals surface area (Å²) < 4.78 is 1.82. The molecular formula is C12H19N3. The summed E-state index contributed by atoms with van der Waals surface area (Å²) in [5.74, 6) is 2.22. The van der Waals surface area contributed by atoms with Gasteiger partial charge in [-0.05, 0) is 32.8 Å². The van der Waals surface area contributed by atoms with E-state index < -0.39 is 0 Å². The minimum atomic E-state index is 0.530. The Kier molecular flexibility index (Phi) is 3.83. The molecule has 1 aromatic heterocycles. The van der Waals surface area contributed by atoms with Crippen molar-refractivity contribution in [3.63, 3.8) is 0 Å². The standard InChI is InChI=1S/C12H19N3/c1-9(2)6-7-12-13-11(5)14-15(12)8-10(3)4/h6-9H,1-5H3/b7-6-. The average Bonchev–Trinajstić information content (AvgIpc) is 2.41. The molecule has 0 aliphatic carbocycles. The molecular weight excluding hydrogens is 186 g/mol. The molecule has 0 bridgehead atoms. The number of rotatable bonds is 3. The highest BCUT2D eigenvalue weighted by Crippen LogP contribution is 2.06. The molecule has 1 heterocycles. The summed E-state index contributed by atoms with van der Waals surface area (Å²) in [6.07, 6.45) is 6.13. The van der Waals surface area contributed by atoms with Gasteiger partial charge in [0.2, 0.25) is 0 Å². The molecule has 0 atom stereocenters. The molecule has 0 unspecified atom stereocenters. The largest absolute Gasteiger partial charge is 0.221 e. The minimum Gasteiger partial charge on any atom is -0.221 e. The quantitative estimate of drug-likeness (QED) is 0.759. The Labute approximate surface area is 91.5 Å². The van der Waals surface area contributed by atoms with Gasteiger partial charge in [-0.2, -0.15) is 5.10 Å². The molecule has 3 nitrogen and oxygen atoms in total. The Morgan fingerprint density at radius 2 is 2.00 bits per heavy atom. The van der Waals surface area contributed by atoms with Crippen molar-refractivity contribution in [1.29, 1.82) is 0 Å². The van der Waals surface area contributed by atoms with Gasteiger partial charge in [0.05, 0.1) is 0 Å². The maximum atomic E-state index is 4.36. The Morgan fingerprint density at radius 1 is 1.33 bits per heavy atom. The first-order valence-corrected chi connectivity index (χ1v) is 5.25. The van der Waals surface area contributed by atoms with Crippen molar-refractivity contribution >= 4 is 12.3 Å². The number of hydrogen-bond acceptors (Lipinski definition) is 2. The number of aromatic nitrogens is 3. The number of hydrogen-bond donors (Lipinski definition) is 0. The molecule has 0 aliphatic heterocycles. The van der Waals surface area contributed by atoms with Gasteiger partial charge >= 0.3 is 0 Å². The van der Waals surface area contributed by atoms with Crippen molar-refractivity contribution < 1.29 is 0 Å². The molecule has 0 fully saturated rings. The molecule has 82 valence electrons. The second kappa shape index (κ2) is 4.91. The van der Waals surface area contributed by atoms with Crippen LogP contribution in [0, 0.1) is 12.8 Å². The molecule has 0 amide bonds. The van der Waals surface area contributed by atoms with E-state index >= 15 is 0 Å². The predicted molar refractivity (Wildman–Crippen MR) is 64.3 cm³/mol. The van der Waals surface area contributed by atoms with E-state index in [1.807, 2.05) is 37.7 Å². The highest BCUT2D eigenvalue weighted by molar-refractivity contribution is 5.45. The zero-order chi connectivity index (χ0) is 11.4. The number of nitrogens with zero attached hydrogens (tertiary/aromatic N) is 3. The van der Waals surface area contributed by atoms with E-state index in [2.05, 4.69) is 30.0 Å². The summed E-state index contributed by atoms with van der Waals surface area (Å²) in [5.41, 5.74) is 1.21. The van der Waals surface area contributed by atoms with Crippen LogP contribution in [0.15, 0.2) is 11.6 Å². The normalized spacial score (nSPS) is 11.3. The molecule has 0 aromatic carbocycles. The van der Waals surface area contributed by atoms with Crippen molar-refractivity contribution in [2.75, 3.05) is 0 Å². The minimum absolute atomic E-state index is 0.530. The SMILES string of the molecule is CC(C)=Cn1nc(C)nc1/C=C\C(C)C. The van der Waals surface area contributed by atoms with Crippen molar-refractivity contribution in [1.82, 2.24) is 14.8 Å². The lowest BCUT2D eigenvalue weighted by Crippen LogP contribution is -1.94. The van der Waals surface area contributed by atoms with Crippen molar-refractivity contribution in [2.24, 2.45) is 5.92 Å². The second-order valence-corrected chi connectivity index (χ2v) is 4.27. The fourth-order valence-electron chi connectivity index (χ4n) is 1.18. The van der Waals surface area contributed by atoms with Crippen LogP contribution in [0.1, 0.15) is 39.3 Å². The van der Waals surface area contributed by atoms with E-state index in [9.17, 15) is 0 Å². The Bertz CT molecular complexity index is 380. The second-order valence-electron chi connectivity index (χ2n) is 4.27. The van der Waals surface area contributed by atoms with E-state index in [0.29, 0.717) is 5.92 Å². The third kappa shape index (κ3) is 3.70. The van der Waals surface area contributed by atoms with Gasteiger partial charge in [0.25, 0.3) is 0 Å². The molecule has 0 saturated carbocycles. The molecule has 1 aromatic rings. The van der Waals surface area contributed by atoms with Crippen LogP contribution >= 0.6 is 0 Å². The monoisotopic (exact) mass is 205 g/mol. The van der Waals surface area contributed by atoms with Crippen LogP contribution in [0.3, 0.4) is 0 Å². The van der Waals surface area contributed by atoms with E-state index in [4.69, 9.17) is 0 Å². The molecule has 0 radical (unpaired) electrons. The Morgan fingerprint density at radius 3 is 2.53 bits per heavy atom. The highest BCUT2D eigenvalue weighted by atomic mass is 15.3. The van der Waals surface area contributed by atoms with E-state index in [0.717, 1.165) is 11.6 Å². The fourth-order valence-corrected chi connectivity index (χ4v) is 1.18. The maximum absolute atomic E-state index is 4.36. The van der Waals surface area contributed by atoms with Crippen LogP contribution in [0.2, 0.25) is 0 Å². The molecule has 1 rings (SSSR count). The van der Waals surface area contributed by atoms with Gasteiger partial charge < -0.3 is 0 Å². The first-order chi connectivity index (χ1) is 6.99. The fraction of sp³-hybridized carbons (Fsp3) is 0.500. The molecule has 0 N–H and O–H groups in total. The summed E-state index contributed by atoms with van der Waals surface area (Å²) in [5, 5.41) is 4.31. The number of allylic oxidation sites excluding steroid dienone is 2. The van der Waals surface area contributed by atoms with Crippen LogP contribution in [0.25, 0.3) is 12.3 Å². The smallest absolute Gasteiger partial charge is 0.155 e. The lowest BCUT2D eigenvalue weighted by Gasteiger charge is -1.97. The average molecular weight is 205 g/mol. The first-order valence-electron chi connectivity index (χ1n) is 5.25. The van der Waals surface area contributed by atoms with Gasteiger partial charge in [0.1, 0.15) is 5.82 Å². The van der Waals surface area contributed by atoms with Crippen LogP contribution in [-0.2, 0) is 0 Å². The zero-order valence-electron chi connectivity index (χ0n) is 10.2. The predicted octanol–water partition coefficient (Wildman–Crippen LogP) is 3.14.